The molecule has 1 fully saturated rings. The second-order valence-corrected chi connectivity index (χ2v) is 9.54. The minimum absolute atomic E-state index is 0.0874. The standard InChI is InChI=1S/C26H19BrN6O5/c27-18-12-16(11-17(13-18)25-28-15-38-30-25)24-20-3-1-2-4-21(20)26(34)32(29-24)23-14-19(5-6-22(23)33(35)36)31-7-9-37-10-8-31/h1-6,11-15H,7-10H2. The lowest BCUT2D eigenvalue weighted by Gasteiger charge is -2.29. The zero-order chi connectivity index (χ0) is 26.2. The van der Waals surface area contributed by atoms with E-state index < -0.39 is 10.5 Å². The summed E-state index contributed by atoms with van der Waals surface area (Å²) in [4.78, 5) is 31.4. The number of ether oxygens (including phenoxy) is 1. The zero-order valence-corrected chi connectivity index (χ0v) is 21.4. The van der Waals surface area contributed by atoms with Crippen LogP contribution in [0.15, 0.2) is 80.8 Å². The molecule has 190 valence electrons. The Hall–Kier alpha value is -4.42. The lowest BCUT2D eigenvalue weighted by atomic mass is 10.0. The number of rotatable bonds is 5. The molecule has 1 aliphatic rings. The molecule has 6 rings (SSSR count). The molecular formula is C26H19BrN6O5. The molecule has 5 aromatic rings. The van der Waals surface area contributed by atoms with Crippen LogP contribution in [0.1, 0.15) is 0 Å². The van der Waals surface area contributed by atoms with Crippen molar-refractivity contribution < 1.29 is 14.2 Å². The lowest BCUT2D eigenvalue weighted by molar-refractivity contribution is -0.384. The smallest absolute Gasteiger partial charge is 0.295 e. The Morgan fingerprint density at radius 3 is 2.47 bits per heavy atom. The monoisotopic (exact) mass is 574 g/mol. The third kappa shape index (κ3) is 4.33. The van der Waals surface area contributed by atoms with E-state index in [1.54, 1.807) is 30.3 Å². The third-order valence-electron chi connectivity index (χ3n) is 6.36. The van der Waals surface area contributed by atoms with Gasteiger partial charge >= 0.3 is 0 Å². The van der Waals surface area contributed by atoms with Gasteiger partial charge in [-0.1, -0.05) is 39.3 Å². The molecule has 0 aliphatic carbocycles. The number of nitrogens with zero attached hydrogens (tertiary/aromatic N) is 6. The fourth-order valence-corrected chi connectivity index (χ4v) is 5.07. The quantitative estimate of drug-likeness (QED) is 0.218. The molecule has 0 saturated carbocycles. The van der Waals surface area contributed by atoms with Gasteiger partial charge in [0.1, 0.15) is 5.69 Å². The molecule has 3 heterocycles. The third-order valence-corrected chi connectivity index (χ3v) is 6.81. The number of aromatic nitrogens is 4. The molecule has 38 heavy (non-hydrogen) atoms. The highest BCUT2D eigenvalue weighted by atomic mass is 79.9. The minimum Gasteiger partial charge on any atom is -0.378 e. The number of anilines is 1. The van der Waals surface area contributed by atoms with E-state index in [0.717, 1.165) is 14.8 Å². The highest BCUT2D eigenvalue weighted by molar-refractivity contribution is 9.10. The van der Waals surface area contributed by atoms with Gasteiger partial charge in [-0.2, -0.15) is 14.8 Å². The van der Waals surface area contributed by atoms with Gasteiger partial charge < -0.3 is 14.2 Å². The summed E-state index contributed by atoms with van der Waals surface area (Å²) in [6.07, 6.45) is 1.24. The van der Waals surface area contributed by atoms with Crippen LogP contribution in [0.25, 0.3) is 39.1 Å². The molecule has 0 atom stereocenters. The van der Waals surface area contributed by atoms with Gasteiger partial charge in [0.2, 0.25) is 12.2 Å². The number of hydrogen-bond donors (Lipinski definition) is 0. The Morgan fingerprint density at radius 1 is 0.974 bits per heavy atom. The minimum atomic E-state index is -0.505. The topological polar surface area (TPSA) is 129 Å². The first-order chi connectivity index (χ1) is 18.5. The van der Waals surface area contributed by atoms with Crippen LogP contribution < -0.4 is 10.5 Å². The van der Waals surface area contributed by atoms with E-state index in [1.807, 2.05) is 24.3 Å². The maximum absolute atomic E-state index is 13.7. The molecule has 3 aromatic carbocycles. The van der Waals surface area contributed by atoms with Gasteiger partial charge in [0.15, 0.2) is 0 Å². The van der Waals surface area contributed by atoms with Gasteiger partial charge in [0.05, 0.1) is 29.2 Å². The van der Waals surface area contributed by atoms with Crippen LogP contribution in [0.3, 0.4) is 0 Å². The average molecular weight is 575 g/mol. The van der Waals surface area contributed by atoms with Gasteiger partial charge in [0.25, 0.3) is 11.2 Å². The van der Waals surface area contributed by atoms with E-state index in [-0.39, 0.29) is 11.4 Å². The SMILES string of the molecule is O=c1c2ccccc2c(-c2cc(Br)cc(-c3ncon3)c2)nn1-c1cc(N2CCOCC2)ccc1[N+](=O)[O-]. The van der Waals surface area contributed by atoms with Crippen LogP contribution in [-0.4, -0.2) is 51.1 Å². The molecule has 12 heteroatoms. The first kappa shape index (κ1) is 23.9. The number of fused-ring (bicyclic) bond motifs is 1. The molecule has 11 nitrogen and oxygen atoms in total. The highest BCUT2D eigenvalue weighted by Crippen LogP contribution is 2.33. The van der Waals surface area contributed by atoms with Crippen LogP contribution in [-0.2, 0) is 4.74 Å². The fraction of sp³-hybridized carbons (Fsp3) is 0.154. The van der Waals surface area contributed by atoms with E-state index in [9.17, 15) is 14.9 Å². The van der Waals surface area contributed by atoms with Crippen molar-refractivity contribution in [3.8, 4) is 28.3 Å². The number of hydrogen-bond acceptors (Lipinski definition) is 9. The molecule has 0 bridgehead atoms. The average Bonchev–Trinajstić information content (AvgIpc) is 3.49. The summed E-state index contributed by atoms with van der Waals surface area (Å²) in [5, 5.41) is 21.6. The van der Waals surface area contributed by atoms with Gasteiger partial charge in [-0.05, 0) is 36.4 Å². The molecule has 2 aromatic heterocycles. The number of benzene rings is 3. The predicted molar refractivity (Wildman–Crippen MR) is 143 cm³/mol. The molecule has 0 N–H and O–H groups in total. The highest BCUT2D eigenvalue weighted by Gasteiger charge is 2.23. The van der Waals surface area contributed by atoms with Crippen molar-refractivity contribution >= 4 is 38.1 Å². The number of nitro groups is 1. The van der Waals surface area contributed by atoms with Gasteiger partial charge in [-0.3, -0.25) is 14.9 Å². The first-order valence-corrected chi connectivity index (χ1v) is 12.5. The Morgan fingerprint density at radius 2 is 1.74 bits per heavy atom. The maximum Gasteiger partial charge on any atom is 0.295 e. The summed E-state index contributed by atoms with van der Waals surface area (Å²) < 4.78 is 12.2. The number of nitro benzene ring substituents is 1. The zero-order valence-electron chi connectivity index (χ0n) is 19.8. The second-order valence-electron chi connectivity index (χ2n) is 8.62. The van der Waals surface area contributed by atoms with Crippen molar-refractivity contribution in [2.75, 3.05) is 31.2 Å². The van der Waals surface area contributed by atoms with Gasteiger partial charge in [-0.25, -0.2) is 0 Å². The van der Waals surface area contributed by atoms with Crippen molar-refractivity contribution in [1.29, 1.82) is 0 Å². The Bertz CT molecular complexity index is 1730. The van der Waals surface area contributed by atoms with E-state index in [2.05, 4.69) is 31.0 Å². The molecule has 0 spiro atoms. The Labute approximate surface area is 223 Å². The summed E-state index contributed by atoms with van der Waals surface area (Å²) in [5.74, 6) is 0.388. The van der Waals surface area contributed by atoms with E-state index in [0.29, 0.717) is 59.7 Å². The molecule has 1 saturated heterocycles. The predicted octanol–water partition coefficient (Wildman–Crippen LogP) is 4.61. The van der Waals surface area contributed by atoms with Crippen LogP contribution in [0.2, 0.25) is 0 Å². The Balaban J connectivity index is 1.61. The number of morpholine rings is 1. The van der Waals surface area contributed by atoms with Crippen molar-refractivity contribution in [3.05, 3.63) is 92.0 Å². The second kappa shape index (κ2) is 9.80. The van der Waals surface area contributed by atoms with E-state index >= 15 is 0 Å². The Kier molecular flexibility index (Phi) is 6.18. The molecular weight excluding hydrogens is 556 g/mol. The fourth-order valence-electron chi connectivity index (χ4n) is 4.57. The maximum atomic E-state index is 13.7. The number of halogens is 1. The van der Waals surface area contributed by atoms with Crippen molar-refractivity contribution in [3.63, 3.8) is 0 Å². The van der Waals surface area contributed by atoms with Crippen molar-refractivity contribution in [2.24, 2.45) is 0 Å². The van der Waals surface area contributed by atoms with Crippen molar-refractivity contribution in [2.45, 2.75) is 0 Å². The largest absolute Gasteiger partial charge is 0.378 e. The van der Waals surface area contributed by atoms with Crippen LogP contribution in [0.5, 0.6) is 0 Å². The molecule has 0 radical (unpaired) electrons. The normalized spacial score (nSPS) is 13.7. The van der Waals surface area contributed by atoms with Gasteiger partial charge in [-0.15, -0.1) is 0 Å². The summed E-state index contributed by atoms with van der Waals surface area (Å²) in [7, 11) is 0. The van der Waals surface area contributed by atoms with E-state index in [4.69, 9.17) is 14.4 Å². The summed E-state index contributed by atoms with van der Waals surface area (Å²) in [6.45, 7) is 2.38. The van der Waals surface area contributed by atoms with Crippen LogP contribution >= 0.6 is 15.9 Å². The van der Waals surface area contributed by atoms with Gasteiger partial charge in [0, 0.05) is 45.8 Å². The molecule has 0 amide bonds. The summed E-state index contributed by atoms with van der Waals surface area (Å²) in [6, 6.07) is 17.3. The van der Waals surface area contributed by atoms with E-state index in [1.165, 1.54) is 12.5 Å². The van der Waals surface area contributed by atoms with Crippen molar-refractivity contribution in [1.82, 2.24) is 19.9 Å². The molecule has 0 unspecified atom stereocenters. The first-order valence-electron chi connectivity index (χ1n) is 11.7. The van der Waals surface area contributed by atoms with Crippen LogP contribution in [0.4, 0.5) is 11.4 Å². The summed E-state index contributed by atoms with van der Waals surface area (Å²) in [5.41, 5.74) is 1.96. The van der Waals surface area contributed by atoms with Crippen LogP contribution in [0, 0.1) is 10.1 Å². The lowest BCUT2D eigenvalue weighted by Crippen LogP contribution is -2.36. The molecule has 1 aliphatic heterocycles. The summed E-state index contributed by atoms with van der Waals surface area (Å²) >= 11 is 3.53.